The molecule has 3 rings (SSSR count). The van der Waals surface area contributed by atoms with Gasteiger partial charge in [-0.2, -0.15) is 0 Å². The van der Waals surface area contributed by atoms with Crippen LogP contribution in [0.1, 0.15) is 45.2 Å². The Balaban J connectivity index is 1.49. The van der Waals surface area contributed by atoms with Crippen LogP contribution in [0.25, 0.3) is 0 Å². The monoisotopic (exact) mass is 442 g/mol. The molecule has 2 atom stereocenters. The number of hydrogen-bond acceptors (Lipinski definition) is 4. The lowest BCUT2D eigenvalue weighted by Gasteiger charge is -2.40. The number of benzene rings is 1. The molecule has 7 nitrogen and oxygen atoms in total. The first-order valence-corrected chi connectivity index (χ1v) is 12.3. The van der Waals surface area contributed by atoms with Crippen molar-refractivity contribution in [3.05, 3.63) is 35.9 Å². The van der Waals surface area contributed by atoms with E-state index in [1.165, 1.54) is 5.56 Å². The second-order valence-electron chi connectivity index (χ2n) is 9.41. The fourth-order valence-corrected chi connectivity index (χ4v) is 4.64. The number of rotatable bonds is 8. The van der Waals surface area contributed by atoms with E-state index in [1.54, 1.807) is 0 Å². The molecule has 2 N–H and O–H groups in total. The number of carbonyl (C=O) groups excluding carboxylic acids is 1. The molecule has 2 aliphatic heterocycles. The molecule has 2 unspecified atom stereocenters. The molecule has 7 heteroatoms. The molecule has 2 saturated heterocycles. The first-order chi connectivity index (χ1) is 15.5. The van der Waals surface area contributed by atoms with Crippen LogP contribution in [0.15, 0.2) is 35.3 Å². The first kappa shape index (κ1) is 24.5. The van der Waals surface area contributed by atoms with Crippen molar-refractivity contribution in [3.63, 3.8) is 0 Å². The largest absolute Gasteiger partial charge is 0.357 e. The zero-order valence-corrected chi connectivity index (χ0v) is 20.4. The van der Waals surface area contributed by atoms with Crippen molar-refractivity contribution in [3.8, 4) is 0 Å². The lowest BCUT2D eigenvalue weighted by molar-refractivity contribution is -0.133. The summed E-state index contributed by atoms with van der Waals surface area (Å²) in [6.45, 7) is 13.6. The first-order valence-electron chi connectivity index (χ1n) is 12.3. The quantitative estimate of drug-likeness (QED) is 0.367. The van der Waals surface area contributed by atoms with Gasteiger partial charge < -0.3 is 20.4 Å². The molecule has 1 aromatic rings. The highest BCUT2D eigenvalue weighted by molar-refractivity contribution is 5.81. The highest BCUT2D eigenvalue weighted by atomic mass is 16.2. The number of nitrogens with zero attached hydrogens (tertiary/aromatic N) is 4. The van der Waals surface area contributed by atoms with Crippen molar-refractivity contribution in [1.82, 2.24) is 25.3 Å². The van der Waals surface area contributed by atoms with E-state index < -0.39 is 0 Å². The Kier molecular flexibility index (Phi) is 9.36. The molecule has 0 saturated carbocycles. The van der Waals surface area contributed by atoms with Gasteiger partial charge in [-0.05, 0) is 32.4 Å². The van der Waals surface area contributed by atoms with Gasteiger partial charge in [0.15, 0.2) is 5.96 Å². The summed E-state index contributed by atoms with van der Waals surface area (Å²) in [5.41, 5.74) is 1.40. The number of carbonyl (C=O) groups is 1. The molecule has 1 aromatic carbocycles. The minimum absolute atomic E-state index is 0.0601. The predicted octanol–water partition coefficient (Wildman–Crippen LogP) is 2.18. The molecule has 0 radical (unpaired) electrons. The summed E-state index contributed by atoms with van der Waals surface area (Å²) >= 11 is 0. The van der Waals surface area contributed by atoms with Crippen molar-refractivity contribution in [2.24, 2.45) is 10.9 Å². The van der Waals surface area contributed by atoms with Crippen LogP contribution < -0.4 is 10.6 Å². The third-order valence-electron chi connectivity index (χ3n) is 6.43. The van der Waals surface area contributed by atoms with Crippen molar-refractivity contribution in [1.29, 1.82) is 0 Å². The second-order valence-corrected chi connectivity index (χ2v) is 9.41. The fourth-order valence-electron chi connectivity index (χ4n) is 4.64. The lowest BCUT2D eigenvalue weighted by Crippen LogP contribution is -2.47. The lowest BCUT2D eigenvalue weighted by atomic mass is 10.0. The van der Waals surface area contributed by atoms with Gasteiger partial charge in [0.05, 0.1) is 0 Å². The number of likely N-dealkylation sites (tertiary alicyclic amines) is 1. The van der Waals surface area contributed by atoms with Crippen LogP contribution in [0.4, 0.5) is 0 Å². The van der Waals surface area contributed by atoms with E-state index in [2.05, 4.69) is 64.7 Å². The van der Waals surface area contributed by atoms with Crippen molar-refractivity contribution >= 4 is 11.9 Å². The normalized spacial score (nSPS) is 23.0. The summed E-state index contributed by atoms with van der Waals surface area (Å²) in [5.74, 6) is 1.18. The van der Waals surface area contributed by atoms with E-state index in [0.717, 1.165) is 71.2 Å². The Morgan fingerprint density at radius 2 is 1.94 bits per heavy atom. The van der Waals surface area contributed by atoms with Gasteiger partial charge in [0.2, 0.25) is 5.91 Å². The molecule has 178 valence electrons. The van der Waals surface area contributed by atoms with Gasteiger partial charge >= 0.3 is 0 Å². The smallest absolute Gasteiger partial charge is 0.225 e. The Morgan fingerprint density at radius 3 is 2.66 bits per heavy atom. The molecule has 0 aliphatic carbocycles. The maximum Gasteiger partial charge on any atom is 0.225 e. The molecule has 2 fully saturated rings. The van der Waals surface area contributed by atoms with E-state index in [4.69, 9.17) is 4.99 Å². The van der Waals surface area contributed by atoms with Gasteiger partial charge in [-0.25, -0.2) is 0 Å². The van der Waals surface area contributed by atoms with E-state index in [0.29, 0.717) is 6.04 Å². The van der Waals surface area contributed by atoms with Crippen LogP contribution in [0, 0.1) is 5.92 Å². The van der Waals surface area contributed by atoms with E-state index in [-0.39, 0.29) is 17.9 Å². The Bertz CT molecular complexity index is 737. The minimum atomic E-state index is 0.0601. The summed E-state index contributed by atoms with van der Waals surface area (Å²) in [6, 6.07) is 11.6. The van der Waals surface area contributed by atoms with Gasteiger partial charge in [-0.3, -0.25) is 14.7 Å². The third-order valence-corrected chi connectivity index (χ3v) is 6.43. The van der Waals surface area contributed by atoms with Crippen LogP contribution in [-0.4, -0.2) is 92.0 Å². The third kappa shape index (κ3) is 6.94. The number of aliphatic imine (C=N–C) groups is 1. The second kappa shape index (κ2) is 12.2. The maximum atomic E-state index is 12.3. The Hall–Kier alpha value is -2.12. The van der Waals surface area contributed by atoms with Gasteiger partial charge in [-0.1, -0.05) is 44.2 Å². The molecular formula is C25H42N6O. The molecule has 2 aliphatic rings. The molecule has 1 amide bonds. The summed E-state index contributed by atoms with van der Waals surface area (Å²) in [4.78, 5) is 24.1. The Morgan fingerprint density at radius 1 is 1.16 bits per heavy atom. The van der Waals surface area contributed by atoms with Crippen molar-refractivity contribution in [2.75, 3.05) is 59.4 Å². The Labute approximate surface area is 194 Å². The van der Waals surface area contributed by atoms with Crippen molar-refractivity contribution in [2.45, 2.75) is 45.7 Å². The predicted molar refractivity (Wildman–Crippen MR) is 132 cm³/mol. The van der Waals surface area contributed by atoms with Gasteiger partial charge in [-0.15, -0.1) is 0 Å². The molecule has 0 bridgehead atoms. The van der Waals surface area contributed by atoms with Gasteiger partial charge in [0.1, 0.15) is 0 Å². The minimum Gasteiger partial charge on any atom is -0.357 e. The van der Waals surface area contributed by atoms with Crippen LogP contribution in [0.5, 0.6) is 0 Å². The molecule has 32 heavy (non-hydrogen) atoms. The molecule has 2 heterocycles. The van der Waals surface area contributed by atoms with E-state index in [9.17, 15) is 4.79 Å². The average molecular weight is 443 g/mol. The van der Waals surface area contributed by atoms with Gasteiger partial charge in [0, 0.05) is 70.4 Å². The van der Waals surface area contributed by atoms with Crippen molar-refractivity contribution < 1.29 is 4.79 Å². The topological polar surface area (TPSA) is 63.2 Å². The zero-order chi connectivity index (χ0) is 22.9. The zero-order valence-electron chi connectivity index (χ0n) is 20.4. The average Bonchev–Trinajstić information content (AvgIpc) is 3.26. The number of amides is 1. The number of nitrogens with one attached hydrogen (secondary N) is 2. The molecule has 0 aromatic heterocycles. The number of guanidine groups is 1. The molecule has 0 spiro atoms. The molecular weight excluding hydrogens is 400 g/mol. The number of hydrogen-bond donors (Lipinski definition) is 2. The van der Waals surface area contributed by atoms with Crippen LogP contribution in [0.3, 0.4) is 0 Å². The van der Waals surface area contributed by atoms with E-state index >= 15 is 0 Å². The van der Waals surface area contributed by atoms with Gasteiger partial charge in [0.25, 0.3) is 0 Å². The van der Waals surface area contributed by atoms with Crippen LogP contribution in [0.2, 0.25) is 0 Å². The van der Waals surface area contributed by atoms with E-state index in [1.807, 2.05) is 18.7 Å². The van der Waals surface area contributed by atoms with Crippen LogP contribution >= 0.6 is 0 Å². The standard InChI is InChI=1S/C25H42N6O/c1-5-26-25(28-22-12-15-31(18-22)24(32)20(2)3)27-13-9-14-30-17-16-29(4)19-23(30)21-10-7-6-8-11-21/h6-8,10-11,20,22-23H,5,9,12-19H2,1-4H3,(H2,26,27,28). The van der Waals surface area contributed by atoms with Crippen LogP contribution in [-0.2, 0) is 4.79 Å². The summed E-state index contributed by atoms with van der Waals surface area (Å²) in [5, 5.41) is 6.91. The fraction of sp³-hybridized carbons (Fsp3) is 0.680. The highest BCUT2D eigenvalue weighted by Gasteiger charge is 2.28. The summed E-state index contributed by atoms with van der Waals surface area (Å²) < 4.78 is 0. The highest BCUT2D eigenvalue weighted by Crippen LogP contribution is 2.24. The summed E-state index contributed by atoms with van der Waals surface area (Å²) in [7, 11) is 2.21. The summed E-state index contributed by atoms with van der Waals surface area (Å²) in [6.07, 6.45) is 2.01. The number of likely N-dealkylation sites (N-methyl/N-ethyl adjacent to an activating group) is 1. The number of piperazine rings is 1. The maximum absolute atomic E-state index is 12.3. The SMILES string of the molecule is CCNC(=NCCCN1CCN(C)CC1c1ccccc1)NC1CCN(C(=O)C(C)C)C1.